The van der Waals surface area contributed by atoms with Crippen molar-refractivity contribution in [3.8, 4) is 0 Å². The van der Waals surface area contributed by atoms with Gasteiger partial charge in [-0.05, 0) is 24.3 Å². The van der Waals surface area contributed by atoms with E-state index in [-0.39, 0.29) is 0 Å². The number of fused-ring (bicyclic) bond motifs is 1. The number of carbonyl (C=O) groups is 1. The molecular weight excluding hydrogens is 232 g/mol. The molecule has 1 fully saturated rings. The van der Waals surface area contributed by atoms with Crippen molar-refractivity contribution in [3.63, 3.8) is 0 Å². The summed E-state index contributed by atoms with van der Waals surface area (Å²) in [5.41, 5.74) is 1.01. The molecule has 0 radical (unpaired) electrons. The van der Waals surface area contributed by atoms with E-state index in [4.69, 9.17) is 5.11 Å². The largest absolute Gasteiger partial charge is 0.480 e. The van der Waals surface area contributed by atoms with E-state index in [0.717, 1.165) is 17.9 Å². The number of aromatic nitrogens is 2. The number of carboxylic acid groups (broad SMARTS) is 1. The van der Waals surface area contributed by atoms with E-state index in [0.29, 0.717) is 13.1 Å². The Bertz CT molecular complexity index is 580. The van der Waals surface area contributed by atoms with Gasteiger partial charge in [0.15, 0.2) is 0 Å². The summed E-state index contributed by atoms with van der Waals surface area (Å²) in [6, 6.07) is 7.31. The number of anilines is 1. The van der Waals surface area contributed by atoms with Crippen LogP contribution in [-0.4, -0.2) is 46.4 Å². The molecule has 0 amide bonds. The Morgan fingerprint density at radius 3 is 3.17 bits per heavy atom. The molecule has 2 aromatic rings. The average molecular weight is 246 g/mol. The second-order valence-electron chi connectivity index (χ2n) is 4.34. The number of nitrogens with one attached hydrogen (secondary N) is 1. The summed E-state index contributed by atoms with van der Waals surface area (Å²) in [4.78, 5) is 13.1. The van der Waals surface area contributed by atoms with Crippen molar-refractivity contribution in [2.24, 2.45) is 0 Å². The first-order valence-electron chi connectivity index (χ1n) is 5.89. The molecule has 3 heterocycles. The van der Waals surface area contributed by atoms with Crippen LogP contribution in [-0.2, 0) is 4.79 Å². The number of piperazine rings is 1. The molecule has 0 aromatic carbocycles. The van der Waals surface area contributed by atoms with Crippen molar-refractivity contribution in [2.75, 3.05) is 24.5 Å². The molecular formula is C12H14N4O2. The van der Waals surface area contributed by atoms with Crippen LogP contribution in [0.5, 0.6) is 0 Å². The lowest BCUT2D eigenvalue weighted by Gasteiger charge is -2.32. The molecule has 1 aliphatic rings. The standard InChI is InChI=1S/C12H14N4O2/c17-12(18)10-8-15(7-6-13-10)11-4-3-9-2-1-5-14-16(9)11/h1-5,10,13H,6-8H2,(H,17,18). The summed E-state index contributed by atoms with van der Waals surface area (Å²) in [6.45, 7) is 1.90. The summed E-state index contributed by atoms with van der Waals surface area (Å²) in [7, 11) is 0. The lowest BCUT2D eigenvalue weighted by molar-refractivity contribution is -0.139. The van der Waals surface area contributed by atoms with Crippen molar-refractivity contribution in [1.82, 2.24) is 14.9 Å². The Labute approximate surface area is 104 Å². The van der Waals surface area contributed by atoms with Crippen LogP contribution in [0.4, 0.5) is 5.82 Å². The molecule has 94 valence electrons. The maximum absolute atomic E-state index is 11.0. The molecule has 2 N–H and O–H groups in total. The Balaban J connectivity index is 1.92. The van der Waals surface area contributed by atoms with Gasteiger partial charge in [0, 0.05) is 25.8 Å². The van der Waals surface area contributed by atoms with Crippen LogP contribution in [0.1, 0.15) is 0 Å². The highest BCUT2D eigenvalue weighted by Crippen LogP contribution is 2.19. The number of hydrogen-bond acceptors (Lipinski definition) is 4. The van der Waals surface area contributed by atoms with E-state index in [9.17, 15) is 4.79 Å². The predicted molar refractivity (Wildman–Crippen MR) is 66.8 cm³/mol. The summed E-state index contributed by atoms with van der Waals surface area (Å²) in [6.07, 6.45) is 1.73. The molecule has 0 spiro atoms. The van der Waals surface area contributed by atoms with Crippen molar-refractivity contribution < 1.29 is 9.90 Å². The third-order valence-electron chi connectivity index (χ3n) is 3.20. The molecule has 0 saturated carbocycles. The Morgan fingerprint density at radius 1 is 1.44 bits per heavy atom. The van der Waals surface area contributed by atoms with Gasteiger partial charge in [-0.2, -0.15) is 5.10 Å². The van der Waals surface area contributed by atoms with Gasteiger partial charge in [0.2, 0.25) is 0 Å². The Hall–Kier alpha value is -2.08. The summed E-state index contributed by atoms with van der Waals surface area (Å²) in [5.74, 6) is 0.131. The Morgan fingerprint density at radius 2 is 2.33 bits per heavy atom. The fraction of sp³-hybridized carbons (Fsp3) is 0.333. The topological polar surface area (TPSA) is 69.9 Å². The van der Waals surface area contributed by atoms with Crippen LogP contribution in [0.3, 0.4) is 0 Å². The van der Waals surface area contributed by atoms with E-state index >= 15 is 0 Å². The number of aliphatic carboxylic acids is 1. The average Bonchev–Trinajstić information content (AvgIpc) is 2.82. The summed E-state index contributed by atoms with van der Waals surface area (Å²) >= 11 is 0. The van der Waals surface area contributed by atoms with Crippen LogP contribution in [0.25, 0.3) is 5.52 Å². The van der Waals surface area contributed by atoms with Crippen LogP contribution in [0.15, 0.2) is 30.5 Å². The molecule has 3 rings (SSSR count). The normalized spacial score (nSPS) is 20.2. The molecule has 1 saturated heterocycles. The van der Waals surface area contributed by atoms with Gasteiger partial charge in [0.05, 0.1) is 5.52 Å². The second-order valence-corrected chi connectivity index (χ2v) is 4.34. The highest BCUT2D eigenvalue weighted by Gasteiger charge is 2.26. The zero-order valence-electron chi connectivity index (χ0n) is 9.78. The predicted octanol–water partition coefficient (Wildman–Crippen LogP) is 0.197. The van der Waals surface area contributed by atoms with Crippen LogP contribution in [0.2, 0.25) is 0 Å². The summed E-state index contributed by atoms with van der Waals surface area (Å²) in [5, 5.41) is 16.3. The third-order valence-corrected chi connectivity index (χ3v) is 3.20. The monoisotopic (exact) mass is 246 g/mol. The second kappa shape index (κ2) is 4.30. The molecule has 1 atom stereocenters. The smallest absolute Gasteiger partial charge is 0.322 e. The van der Waals surface area contributed by atoms with Crippen molar-refractivity contribution in [1.29, 1.82) is 0 Å². The van der Waals surface area contributed by atoms with E-state index in [1.165, 1.54) is 0 Å². The van der Waals surface area contributed by atoms with E-state index < -0.39 is 12.0 Å². The van der Waals surface area contributed by atoms with Gasteiger partial charge in [-0.3, -0.25) is 4.79 Å². The third kappa shape index (κ3) is 1.80. The minimum atomic E-state index is -0.812. The van der Waals surface area contributed by atoms with Gasteiger partial charge >= 0.3 is 5.97 Å². The molecule has 6 heteroatoms. The number of rotatable bonds is 2. The first-order chi connectivity index (χ1) is 8.75. The quantitative estimate of drug-likeness (QED) is 0.792. The minimum absolute atomic E-state index is 0.456. The fourth-order valence-corrected chi connectivity index (χ4v) is 2.29. The minimum Gasteiger partial charge on any atom is -0.480 e. The molecule has 1 unspecified atom stereocenters. The van der Waals surface area contributed by atoms with Crippen molar-refractivity contribution >= 4 is 17.3 Å². The van der Waals surface area contributed by atoms with Crippen molar-refractivity contribution in [3.05, 3.63) is 30.5 Å². The Kier molecular flexibility index (Phi) is 2.64. The maximum Gasteiger partial charge on any atom is 0.322 e. The molecule has 0 bridgehead atoms. The highest BCUT2D eigenvalue weighted by atomic mass is 16.4. The van der Waals surface area contributed by atoms with E-state index in [1.54, 1.807) is 6.20 Å². The van der Waals surface area contributed by atoms with Crippen LogP contribution < -0.4 is 10.2 Å². The zero-order valence-corrected chi connectivity index (χ0v) is 9.78. The molecule has 0 aliphatic carbocycles. The molecule has 1 aliphatic heterocycles. The first-order valence-corrected chi connectivity index (χ1v) is 5.89. The molecule has 18 heavy (non-hydrogen) atoms. The van der Waals surface area contributed by atoms with Crippen molar-refractivity contribution in [2.45, 2.75) is 6.04 Å². The zero-order chi connectivity index (χ0) is 12.5. The van der Waals surface area contributed by atoms with Gasteiger partial charge in [-0.15, -0.1) is 0 Å². The van der Waals surface area contributed by atoms with E-state index in [1.807, 2.05) is 28.8 Å². The summed E-state index contributed by atoms with van der Waals surface area (Å²) < 4.78 is 1.84. The molecule has 6 nitrogen and oxygen atoms in total. The molecule has 2 aromatic heterocycles. The fourth-order valence-electron chi connectivity index (χ4n) is 2.29. The lowest BCUT2D eigenvalue weighted by Crippen LogP contribution is -2.54. The number of carboxylic acids is 1. The van der Waals surface area contributed by atoms with Gasteiger partial charge in [-0.1, -0.05) is 0 Å². The van der Waals surface area contributed by atoms with Gasteiger partial charge in [0.1, 0.15) is 11.9 Å². The number of hydrogen-bond donors (Lipinski definition) is 2. The van der Waals surface area contributed by atoms with Crippen LogP contribution >= 0.6 is 0 Å². The van der Waals surface area contributed by atoms with Gasteiger partial charge in [-0.25, -0.2) is 4.52 Å². The lowest BCUT2D eigenvalue weighted by atomic mass is 10.2. The highest BCUT2D eigenvalue weighted by molar-refractivity contribution is 5.75. The van der Waals surface area contributed by atoms with Gasteiger partial charge < -0.3 is 15.3 Å². The van der Waals surface area contributed by atoms with Gasteiger partial charge in [0.25, 0.3) is 0 Å². The maximum atomic E-state index is 11.0. The first kappa shape index (κ1) is 11.0. The van der Waals surface area contributed by atoms with Crippen LogP contribution in [0, 0.1) is 0 Å². The van der Waals surface area contributed by atoms with E-state index in [2.05, 4.69) is 15.3 Å². The number of nitrogens with zero attached hydrogens (tertiary/aromatic N) is 3. The SMILES string of the molecule is O=C(O)C1CN(c2ccc3cccnn23)CCN1.